The molecule has 1 saturated heterocycles. The Morgan fingerprint density at radius 1 is 1.38 bits per heavy atom. The highest BCUT2D eigenvalue weighted by molar-refractivity contribution is 5.31. The lowest BCUT2D eigenvalue weighted by Crippen LogP contribution is -2.47. The highest BCUT2D eigenvalue weighted by Crippen LogP contribution is 2.24. The van der Waals surface area contributed by atoms with Crippen molar-refractivity contribution in [1.82, 2.24) is 4.90 Å². The summed E-state index contributed by atoms with van der Waals surface area (Å²) in [6, 6.07) is 2.54. The molecular formula is C15H21F2NO3. The number of hydrogen-bond donors (Lipinski definition) is 1. The van der Waals surface area contributed by atoms with Gasteiger partial charge in [0.2, 0.25) is 0 Å². The molecule has 2 rings (SSSR count). The predicted molar refractivity (Wildman–Crippen MR) is 74.2 cm³/mol. The molecule has 0 aliphatic carbocycles. The molecule has 1 aromatic carbocycles. The van der Waals surface area contributed by atoms with E-state index in [0.29, 0.717) is 19.2 Å². The van der Waals surface area contributed by atoms with Gasteiger partial charge in [0.25, 0.3) is 0 Å². The Hall–Kier alpha value is -1.24. The van der Waals surface area contributed by atoms with Crippen LogP contribution in [-0.2, 0) is 11.3 Å². The van der Waals surface area contributed by atoms with Crippen molar-refractivity contribution in [3.63, 3.8) is 0 Å². The number of halogens is 2. The van der Waals surface area contributed by atoms with E-state index in [4.69, 9.17) is 14.6 Å². The number of hydrogen-bond acceptors (Lipinski definition) is 4. The average Bonchev–Trinajstić information content (AvgIpc) is 2.46. The number of ether oxygens (including phenoxy) is 2. The summed E-state index contributed by atoms with van der Waals surface area (Å²) >= 11 is 0. The number of aliphatic hydroxyl groups is 1. The molecule has 1 unspecified atom stereocenters. The first-order valence-electron chi connectivity index (χ1n) is 7.08. The zero-order valence-corrected chi connectivity index (χ0v) is 12.3. The van der Waals surface area contributed by atoms with E-state index in [1.54, 1.807) is 0 Å². The quantitative estimate of drug-likeness (QED) is 0.902. The molecule has 118 valence electrons. The average molecular weight is 301 g/mol. The van der Waals surface area contributed by atoms with E-state index in [1.807, 2.05) is 0 Å². The van der Waals surface area contributed by atoms with Crippen LogP contribution in [-0.4, -0.2) is 48.5 Å². The zero-order chi connectivity index (χ0) is 15.4. The maximum atomic E-state index is 13.7. The summed E-state index contributed by atoms with van der Waals surface area (Å²) in [7, 11) is 0. The van der Waals surface area contributed by atoms with Crippen LogP contribution in [0.1, 0.15) is 19.4 Å². The van der Waals surface area contributed by atoms with Gasteiger partial charge >= 0.3 is 0 Å². The van der Waals surface area contributed by atoms with Crippen LogP contribution in [0.5, 0.6) is 5.75 Å². The van der Waals surface area contributed by atoms with Gasteiger partial charge in [-0.1, -0.05) is 0 Å². The maximum Gasteiger partial charge on any atom is 0.190 e. The molecule has 1 N–H and O–H groups in total. The standard InChI is InChI=1S/C15H21F2NO3/c1-10(2)18-3-4-20-12(7-18)9-21-15-13(16)5-11(8-19)6-14(15)17/h5-6,10,12,19H,3-4,7-9H2,1-2H3. The van der Waals surface area contributed by atoms with Crippen molar-refractivity contribution >= 4 is 0 Å². The smallest absolute Gasteiger partial charge is 0.190 e. The van der Waals surface area contributed by atoms with Crippen LogP contribution in [0.15, 0.2) is 12.1 Å². The minimum Gasteiger partial charge on any atom is -0.485 e. The Kier molecular flexibility index (Phi) is 5.50. The number of aliphatic hydroxyl groups excluding tert-OH is 1. The molecule has 1 atom stereocenters. The van der Waals surface area contributed by atoms with Crippen LogP contribution in [0.3, 0.4) is 0 Å². The van der Waals surface area contributed by atoms with Gasteiger partial charge in [-0.3, -0.25) is 4.90 Å². The second-order valence-corrected chi connectivity index (χ2v) is 5.44. The zero-order valence-electron chi connectivity index (χ0n) is 12.3. The molecule has 0 spiro atoms. The van der Waals surface area contributed by atoms with Gasteiger partial charge in [0.15, 0.2) is 17.4 Å². The molecule has 1 fully saturated rings. The fourth-order valence-corrected chi connectivity index (χ4v) is 2.33. The lowest BCUT2D eigenvalue weighted by atomic mass is 10.2. The molecule has 6 heteroatoms. The van der Waals surface area contributed by atoms with Crippen molar-refractivity contribution in [2.24, 2.45) is 0 Å². The third kappa shape index (κ3) is 4.12. The molecule has 0 saturated carbocycles. The molecule has 1 aromatic rings. The number of nitrogens with zero attached hydrogens (tertiary/aromatic N) is 1. The number of benzene rings is 1. The first-order valence-corrected chi connectivity index (χ1v) is 7.08. The van der Waals surface area contributed by atoms with Crippen molar-refractivity contribution in [1.29, 1.82) is 0 Å². The molecule has 0 aromatic heterocycles. The molecule has 1 aliphatic heterocycles. The van der Waals surface area contributed by atoms with Gasteiger partial charge in [0.1, 0.15) is 12.7 Å². The van der Waals surface area contributed by atoms with Crippen molar-refractivity contribution < 1.29 is 23.4 Å². The van der Waals surface area contributed by atoms with Crippen molar-refractivity contribution in [3.8, 4) is 5.75 Å². The lowest BCUT2D eigenvalue weighted by molar-refractivity contribution is -0.0573. The summed E-state index contributed by atoms with van der Waals surface area (Å²) in [6.07, 6.45) is -0.211. The number of rotatable bonds is 5. The summed E-state index contributed by atoms with van der Waals surface area (Å²) in [5.74, 6) is -2.04. The van der Waals surface area contributed by atoms with E-state index >= 15 is 0 Å². The fourth-order valence-electron chi connectivity index (χ4n) is 2.33. The van der Waals surface area contributed by atoms with E-state index in [2.05, 4.69) is 18.7 Å². The number of morpholine rings is 1. The van der Waals surface area contributed by atoms with Crippen LogP contribution < -0.4 is 4.74 Å². The minimum absolute atomic E-state index is 0.0928. The Morgan fingerprint density at radius 2 is 2.05 bits per heavy atom. The topological polar surface area (TPSA) is 41.9 Å². The Balaban J connectivity index is 1.97. The largest absolute Gasteiger partial charge is 0.485 e. The molecule has 21 heavy (non-hydrogen) atoms. The van der Waals surface area contributed by atoms with Crippen LogP contribution >= 0.6 is 0 Å². The van der Waals surface area contributed by atoms with Gasteiger partial charge in [0, 0.05) is 19.1 Å². The first-order chi connectivity index (χ1) is 10.0. The normalized spacial score (nSPS) is 20.0. The summed E-state index contributed by atoms with van der Waals surface area (Å²) in [5.41, 5.74) is 0.178. The minimum atomic E-state index is -0.810. The van der Waals surface area contributed by atoms with Crippen molar-refractivity contribution in [2.75, 3.05) is 26.3 Å². The third-order valence-corrected chi connectivity index (χ3v) is 3.55. The molecule has 0 amide bonds. The maximum absolute atomic E-state index is 13.7. The molecule has 0 radical (unpaired) electrons. The Labute approximate surface area is 123 Å². The van der Waals surface area contributed by atoms with Crippen LogP contribution in [0, 0.1) is 11.6 Å². The van der Waals surface area contributed by atoms with E-state index < -0.39 is 24.0 Å². The van der Waals surface area contributed by atoms with Crippen molar-refractivity contribution in [3.05, 3.63) is 29.3 Å². The summed E-state index contributed by atoms with van der Waals surface area (Å²) in [4.78, 5) is 2.24. The van der Waals surface area contributed by atoms with Gasteiger partial charge in [0.05, 0.1) is 13.2 Å². The Bertz CT molecular complexity index is 459. The summed E-state index contributed by atoms with van der Waals surface area (Å²) in [5, 5.41) is 8.89. The van der Waals surface area contributed by atoms with E-state index in [0.717, 1.165) is 18.7 Å². The monoisotopic (exact) mass is 301 g/mol. The van der Waals surface area contributed by atoms with Crippen LogP contribution in [0.2, 0.25) is 0 Å². The second-order valence-electron chi connectivity index (χ2n) is 5.44. The van der Waals surface area contributed by atoms with Gasteiger partial charge in [-0.15, -0.1) is 0 Å². The highest BCUT2D eigenvalue weighted by atomic mass is 19.1. The summed E-state index contributed by atoms with van der Waals surface area (Å²) < 4.78 is 38.3. The van der Waals surface area contributed by atoms with Crippen molar-refractivity contribution in [2.45, 2.75) is 32.6 Å². The molecule has 4 nitrogen and oxygen atoms in total. The van der Waals surface area contributed by atoms with E-state index in [-0.39, 0.29) is 18.3 Å². The van der Waals surface area contributed by atoms with E-state index in [1.165, 1.54) is 0 Å². The van der Waals surface area contributed by atoms with Gasteiger partial charge in [-0.25, -0.2) is 8.78 Å². The van der Waals surface area contributed by atoms with Gasteiger partial charge in [-0.2, -0.15) is 0 Å². The first kappa shape index (κ1) is 16.1. The molecule has 1 aliphatic rings. The third-order valence-electron chi connectivity index (χ3n) is 3.55. The van der Waals surface area contributed by atoms with Crippen LogP contribution in [0.4, 0.5) is 8.78 Å². The molecule has 0 bridgehead atoms. The fraction of sp³-hybridized carbons (Fsp3) is 0.600. The molecular weight excluding hydrogens is 280 g/mol. The SMILES string of the molecule is CC(C)N1CCOC(COc2c(F)cc(CO)cc2F)C1. The Morgan fingerprint density at radius 3 is 2.62 bits per heavy atom. The van der Waals surface area contributed by atoms with E-state index in [9.17, 15) is 8.78 Å². The predicted octanol–water partition coefficient (Wildman–Crippen LogP) is 1.95. The summed E-state index contributed by atoms with van der Waals surface area (Å²) in [6.45, 7) is 5.98. The van der Waals surface area contributed by atoms with Crippen LogP contribution in [0.25, 0.3) is 0 Å². The highest BCUT2D eigenvalue weighted by Gasteiger charge is 2.23. The molecule has 1 heterocycles. The second kappa shape index (κ2) is 7.15. The van der Waals surface area contributed by atoms with Gasteiger partial charge < -0.3 is 14.6 Å². The van der Waals surface area contributed by atoms with Gasteiger partial charge in [-0.05, 0) is 31.5 Å². The lowest BCUT2D eigenvalue weighted by Gasteiger charge is -2.35.